The van der Waals surface area contributed by atoms with Gasteiger partial charge in [-0.15, -0.1) is 0 Å². The maximum atomic E-state index is 12.0. The van der Waals surface area contributed by atoms with Crippen LogP contribution in [-0.2, 0) is 14.8 Å². The van der Waals surface area contributed by atoms with Crippen LogP contribution in [0.2, 0.25) is 0 Å². The van der Waals surface area contributed by atoms with Gasteiger partial charge < -0.3 is 10.4 Å². The van der Waals surface area contributed by atoms with E-state index >= 15 is 0 Å². The second-order valence-corrected chi connectivity index (χ2v) is 7.87. The first-order valence-electron chi connectivity index (χ1n) is 6.72. The SMILES string of the molecule is CN(C)S(=O)(=O)c1ccc(NC(C)(C(=O)O)C2CC2)cc1. The van der Waals surface area contributed by atoms with E-state index in [9.17, 15) is 18.3 Å². The first kappa shape index (κ1) is 15.8. The molecule has 1 atom stereocenters. The normalized spacial score (nSPS) is 18.3. The molecule has 0 spiro atoms. The van der Waals surface area contributed by atoms with E-state index in [1.165, 1.54) is 26.2 Å². The third-order valence-electron chi connectivity index (χ3n) is 3.88. The van der Waals surface area contributed by atoms with Gasteiger partial charge >= 0.3 is 5.97 Å². The molecule has 0 saturated heterocycles. The van der Waals surface area contributed by atoms with Crippen molar-refractivity contribution in [1.82, 2.24) is 4.31 Å². The van der Waals surface area contributed by atoms with Crippen molar-refractivity contribution in [2.24, 2.45) is 5.92 Å². The molecule has 1 fully saturated rings. The van der Waals surface area contributed by atoms with Gasteiger partial charge in [-0.3, -0.25) is 0 Å². The number of carboxylic acids is 1. The monoisotopic (exact) mass is 312 g/mol. The molecule has 6 nitrogen and oxygen atoms in total. The Morgan fingerprint density at radius 1 is 1.29 bits per heavy atom. The average molecular weight is 312 g/mol. The molecule has 0 bridgehead atoms. The summed E-state index contributed by atoms with van der Waals surface area (Å²) < 4.78 is 25.1. The molecule has 2 rings (SSSR count). The van der Waals surface area contributed by atoms with Gasteiger partial charge in [0, 0.05) is 19.8 Å². The third-order valence-corrected chi connectivity index (χ3v) is 5.70. The van der Waals surface area contributed by atoms with Gasteiger partial charge in [-0.2, -0.15) is 0 Å². The van der Waals surface area contributed by atoms with Crippen molar-refractivity contribution in [3.05, 3.63) is 24.3 Å². The van der Waals surface area contributed by atoms with Gasteiger partial charge in [-0.05, 0) is 49.9 Å². The van der Waals surface area contributed by atoms with Crippen LogP contribution in [0.15, 0.2) is 29.2 Å². The van der Waals surface area contributed by atoms with Crippen LogP contribution in [0, 0.1) is 5.92 Å². The van der Waals surface area contributed by atoms with Gasteiger partial charge in [0.25, 0.3) is 0 Å². The van der Waals surface area contributed by atoms with Crippen molar-refractivity contribution < 1.29 is 18.3 Å². The van der Waals surface area contributed by atoms with Crippen molar-refractivity contribution in [1.29, 1.82) is 0 Å². The molecule has 0 radical (unpaired) electrons. The summed E-state index contributed by atoms with van der Waals surface area (Å²) in [5, 5.41) is 12.4. The summed E-state index contributed by atoms with van der Waals surface area (Å²) >= 11 is 0. The molecule has 7 heteroatoms. The van der Waals surface area contributed by atoms with Crippen LogP contribution in [0.25, 0.3) is 0 Å². The number of hydrogen-bond donors (Lipinski definition) is 2. The highest BCUT2D eigenvalue weighted by Crippen LogP contribution is 2.41. The molecule has 1 unspecified atom stereocenters. The van der Waals surface area contributed by atoms with Crippen LogP contribution in [0.4, 0.5) is 5.69 Å². The number of aliphatic carboxylic acids is 1. The quantitative estimate of drug-likeness (QED) is 0.833. The van der Waals surface area contributed by atoms with E-state index in [-0.39, 0.29) is 10.8 Å². The molecule has 1 aliphatic carbocycles. The van der Waals surface area contributed by atoms with E-state index < -0.39 is 21.5 Å². The van der Waals surface area contributed by atoms with Crippen molar-refractivity contribution in [3.63, 3.8) is 0 Å². The number of anilines is 1. The lowest BCUT2D eigenvalue weighted by atomic mass is 9.95. The van der Waals surface area contributed by atoms with Gasteiger partial charge in [0.05, 0.1) is 4.90 Å². The highest BCUT2D eigenvalue weighted by Gasteiger charge is 2.47. The maximum Gasteiger partial charge on any atom is 0.329 e. The summed E-state index contributed by atoms with van der Waals surface area (Å²) in [6.45, 7) is 1.66. The minimum Gasteiger partial charge on any atom is -0.480 e. The lowest BCUT2D eigenvalue weighted by molar-refractivity contribution is -0.142. The van der Waals surface area contributed by atoms with E-state index in [1.54, 1.807) is 19.1 Å². The Balaban J connectivity index is 2.22. The highest BCUT2D eigenvalue weighted by atomic mass is 32.2. The van der Waals surface area contributed by atoms with Crippen LogP contribution in [-0.4, -0.2) is 43.4 Å². The van der Waals surface area contributed by atoms with E-state index in [0.717, 1.165) is 17.1 Å². The van der Waals surface area contributed by atoms with Crippen LogP contribution in [0.3, 0.4) is 0 Å². The number of benzene rings is 1. The third kappa shape index (κ3) is 3.03. The lowest BCUT2D eigenvalue weighted by Crippen LogP contribution is -2.45. The van der Waals surface area contributed by atoms with Crippen LogP contribution in [0.5, 0.6) is 0 Å². The zero-order valence-electron chi connectivity index (χ0n) is 12.3. The smallest absolute Gasteiger partial charge is 0.329 e. The molecule has 1 aromatic carbocycles. The number of rotatable bonds is 6. The standard InChI is InChI=1S/C14H20N2O4S/c1-14(13(17)18,10-4-5-10)15-11-6-8-12(9-7-11)21(19,20)16(2)3/h6-10,15H,4-5H2,1-3H3,(H,17,18). The number of carboxylic acid groups (broad SMARTS) is 1. The summed E-state index contributed by atoms with van der Waals surface area (Å²) in [6, 6.07) is 6.15. The number of nitrogens with zero attached hydrogens (tertiary/aromatic N) is 1. The second-order valence-electron chi connectivity index (χ2n) is 5.72. The Morgan fingerprint density at radius 2 is 1.81 bits per heavy atom. The number of carbonyl (C=O) groups is 1. The molecule has 0 amide bonds. The topological polar surface area (TPSA) is 86.7 Å². The molecule has 1 aliphatic rings. The number of nitrogens with one attached hydrogen (secondary N) is 1. The molecule has 1 saturated carbocycles. The largest absolute Gasteiger partial charge is 0.480 e. The fraction of sp³-hybridized carbons (Fsp3) is 0.500. The summed E-state index contributed by atoms with van der Waals surface area (Å²) in [5.41, 5.74) is -0.411. The Kier molecular flexibility index (Phi) is 3.99. The highest BCUT2D eigenvalue weighted by molar-refractivity contribution is 7.89. The molecular weight excluding hydrogens is 292 g/mol. The molecule has 116 valence electrons. The fourth-order valence-corrected chi connectivity index (χ4v) is 3.11. The van der Waals surface area contributed by atoms with Crippen LogP contribution < -0.4 is 5.32 Å². The maximum absolute atomic E-state index is 12.0. The minimum atomic E-state index is -3.47. The van der Waals surface area contributed by atoms with E-state index in [2.05, 4.69) is 5.32 Å². The molecule has 21 heavy (non-hydrogen) atoms. The lowest BCUT2D eigenvalue weighted by Gasteiger charge is -2.27. The van der Waals surface area contributed by atoms with Gasteiger partial charge in [0.15, 0.2) is 0 Å². The predicted molar refractivity (Wildman–Crippen MR) is 79.7 cm³/mol. The fourth-order valence-electron chi connectivity index (χ4n) is 2.21. The van der Waals surface area contributed by atoms with Crippen molar-refractivity contribution in [2.75, 3.05) is 19.4 Å². The average Bonchev–Trinajstić information content (AvgIpc) is 3.23. The Bertz CT molecular complexity index is 635. The predicted octanol–water partition coefficient (Wildman–Crippen LogP) is 1.60. The van der Waals surface area contributed by atoms with Crippen LogP contribution >= 0.6 is 0 Å². The summed E-state index contributed by atoms with van der Waals surface area (Å²) in [5.74, 6) is -0.782. The Hall–Kier alpha value is -1.60. The van der Waals surface area contributed by atoms with Gasteiger partial charge in [-0.25, -0.2) is 17.5 Å². The summed E-state index contributed by atoms with van der Waals surface area (Å²) in [4.78, 5) is 11.6. The molecule has 0 aromatic heterocycles. The molecular formula is C14H20N2O4S. The first-order chi connectivity index (χ1) is 9.68. The zero-order valence-corrected chi connectivity index (χ0v) is 13.1. The van der Waals surface area contributed by atoms with Crippen LogP contribution in [0.1, 0.15) is 19.8 Å². The number of sulfonamides is 1. The van der Waals surface area contributed by atoms with Crippen molar-refractivity contribution in [2.45, 2.75) is 30.2 Å². The number of hydrogen-bond acceptors (Lipinski definition) is 4. The van der Waals surface area contributed by atoms with Gasteiger partial charge in [0.1, 0.15) is 5.54 Å². The summed E-state index contributed by atoms with van der Waals surface area (Å²) in [6.07, 6.45) is 1.78. The molecule has 0 aliphatic heterocycles. The minimum absolute atomic E-state index is 0.111. The van der Waals surface area contributed by atoms with E-state index in [1.807, 2.05) is 0 Å². The Morgan fingerprint density at radius 3 is 2.19 bits per heavy atom. The molecule has 0 heterocycles. The van der Waals surface area contributed by atoms with Crippen molar-refractivity contribution >= 4 is 21.7 Å². The van der Waals surface area contributed by atoms with E-state index in [0.29, 0.717) is 5.69 Å². The zero-order chi connectivity index (χ0) is 15.8. The van der Waals surface area contributed by atoms with E-state index in [4.69, 9.17) is 0 Å². The molecule has 2 N–H and O–H groups in total. The van der Waals surface area contributed by atoms with Gasteiger partial charge in [-0.1, -0.05) is 0 Å². The summed E-state index contributed by atoms with van der Waals surface area (Å²) in [7, 11) is -0.532. The first-order valence-corrected chi connectivity index (χ1v) is 8.16. The Labute approximate surface area is 124 Å². The molecule has 1 aromatic rings. The second kappa shape index (κ2) is 5.31. The van der Waals surface area contributed by atoms with Crippen molar-refractivity contribution in [3.8, 4) is 0 Å². The van der Waals surface area contributed by atoms with Gasteiger partial charge in [0.2, 0.25) is 10.0 Å².